The molecule has 0 bridgehead atoms. The summed E-state index contributed by atoms with van der Waals surface area (Å²) in [5, 5.41) is -0.151. The van der Waals surface area contributed by atoms with E-state index in [-0.39, 0.29) is 15.6 Å². The van der Waals surface area contributed by atoms with E-state index in [1.807, 2.05) is 37.3 Å². The third-order valence-corrected chi connectivity index (χ3v) is 7.40. The Bertz CT molecular complexity index is 1520. The molecule has 0 amide bonds. The van der Waals surface area contributed by atoms with Crippen molar-refractivity contribution in [3.8, 4) is 5.75 Å². The average Bonchev–Trinajstić information content (AvgIpc) is 2.96. The van der Waals surface area contributed by atoms with Gasteiger partial charge in [0.2, 0.25) is 9.84 Å². The molecule has 170 valence electrons. The maximum Gasteiger partial charge on any atom is 0.226 e. The Balaban J connectivity index is 1.85. The van der Waals surface area contributed by atoms with Crippen molar-refractivity contribution in [3.63, 3.8) is 0 Å². The molecule has 0 saturated heterocycles. The van der Waals surface area contributed by atoms with Gasteiger partial charge in [0.15, 0.2) is 10.8 Å². The summed E-state index contributed by atoms with van der Waals surface area (Å²) in [4.78, 5) is 19.5. The van der Waals surface area contributed by atoms with Crippen molar-refractivity contribution in [2.24, 2.45) is 4.99 Å². The van der Waals surface area contributed by atoms with Crippen molar-refractivity contribution >= 4 is 32.7 Å². The number of methoxy groups -OCH3 is 1. The molecular weight excluding hydrogens is 450 g/mol. The van der Waals surface area contributed by atoms with E-state index in [0.717, 1.165) is 16.8 Å². The quantitative estimate of drug-likeness (QED) is 0.361. The highest BCUT2D eigenvalue weighted by molar-refractivity contribution is 7.91. The van der Waals surface area contributed by atoms with E-state index in [9.17, 15) is 8.42 Å². The molecule has 0 spiro atoms. The molecule has 0 fully saturated rings. The number of pyridine rings is 1. The lowest BCUT2D eigenvalue weighted by Crippen LogP contribution is -2.14. The zero-order valence-corrected chi connectivity index (χ0v) is 19.6. The van der Waals surface area contributed by atoms with Crippen LogP contribution in [-0.2, 0) is 9.84 Å². The zero-order chi connectivity index (χ0) is 23.9. The molecule has 34 heavy (non-hydrogen) atoms. The van der Waals surface area contributed by atoms with Crippen LogP contribution in [0, 0.1) is 6.92 Å². The Hall–Kier alpha value is -4.11. The molecule has 8 nitrogen and oxygen atoms in total. The van der Waals surface area contributed by atoms with Crippen LogP contribution in [-0.4, -0.2) is 43.2 Å². The number of aliphatic imine (C=N–C) groups is 1. The number of hydrogen-bond acceptors (Lipinski definition) is 8. The summed E-state index contributed by atoms with van der Waals surface area (Å²) in [7, 11) is -0.689. The summed E-state index contributed by atoms with van der Waals surface area (Å²) in [6, 6.07) is 16.3. The van der Waals surface area contributed by atoms with E-state index < -0.39 is 9.84 Å². The van der Waals surface area contributed by atoms with Gasteiger partial charge in [0.1, 0.15) is 17.8 Å². The van der Waals surface area contributed by atoms with Crippen LogP contribution in [0.15, 0.2) is 88.2 Å². The van der Waals surface area contributed by atoms with E-state index in [2.05, 4.69) is 15.0 Å². The minimum absolute atomic E-state index is 0.111. The van der Waals surface area contributed by atoms with Gasteiger partial charge in [0.05, 0.1) is 29.6 Å². The van der Waals surface area contributed by atoms with Crippen molar-refractivity contribution < 1.29 is 13.2 Å². The molecule has 1 aliphatic rings. The second-order valence-electron chi connectivity index (χ2n) is 7.81. The first-order valence-electron chi connectivity index (χ1n) is 10.5. The number of aryl methyl sites for hydroxylation is 1. The Kier molecular flexibility index (Phi) is 5.33. The lowest BCUT2D eigenvalue weighted by Gasteiger charge is -2.20. The van der Waals surface area contributed by atoms with E-state index in [4.69, 9.17) is 9.73 Å². The first kappa shape index (κ1) is 21.7. The van der Waals surface area contributed by atoms with Crippen molar-refractivity contribution in [1.29, 1.82) is 0 Å². The number of aromatic nitrogens is 3. The largest absolute Gasteiger partial charge is 0.497 e. The Labute approximate surface area is 197 Å². The molecule has 0 N–H and O–H groups in total. The van der Waals surface area contributed by atoms with Crippen molar-refractivity contribution in [2.75, 3.05) is 19.1 Å². The Morgan fingerprint density at radius 2 is 1.79 bits per heavy atom. The predicted octanol–water partition coefficient (Wildman–Crippen LogP) is 4.27. The molecule has 4 aromatic rings. The van der Waals surface area contributed by atoms with E-state index in [0.29, 0.717) is 22.8 Å². The molecule has 0 unspecified atom stereocenters. The van der Waals surface area contributed by atoms with Crippen LogP contribution < -0.4 is 9.64 Å². The second-order valence-corrected chi connectivity index (χ2v) is 9.65. The normalized spacial score (nSPS) is 13.8. The van der Waals surface area contributed by atoms with Crippen LogP contribution in [0.4, 0.5) is 17.2 Å². The number of hydrogen-bond donors (Lipinski definition) is 0. The molecule has 0 saturated carbocycles. The summed E-state index contributed by atoms with van der Waals surface area (Å²) >= 11 is 0. The fraction of sp³-hybridized carbons (Fsp3) is 0.120. The number of sulfone groups is 1. The lowest BCUT2D eigenvalue weighted by molar-refractivity contribution is 0.414. The van der Waals surface area contributed by atoms with Crippen LogP contribution in [0.25, 0.3) is 0 Å². The maximum atomic E-state index is 13.8. The van der Waals surface area contributed by atoms with E-state index in [1.54, 1.807) is 42.5 Å². The molecule has 1 aliphatic heterocycles. The minimum atomic E-state index is -4.01. The van der Waals surface area contributed by atoms with Crippen LogP contribution in [0.5, 0.6) is 5.75 Å². The number of fused-ring (bicyclic) bond motifs is 2. The van der Waals surface area contributed by atoms with Gasteiger partial charge in [0.25, 0.3) is 0 Å². The van der Waals surface area contributed by atoms with Gasteiger partial charge in [-0.05, 0) is 37.3 Å². The van der Waals surface area contributed by atoms with Crippen LogP contribution >= 0.6 is 0 Å². The first-order valence-corrected chi connectivity index (χ1v) is 12.0. The van der Waals surface area contributed by atoms with Crippen LogP contribution in [0.1, 0.15) is 16.7 Å². The SMILES string of the molecule is COc1ccc2c(c1)C(c1ccc(C)cc1)=Nc1c(N(C)c3cccnc3)ncnc1S2(=O)=O. The monoisotopic (exact) mass is 471 g/mol. The van der Waals surface area contributed by atoms with Gasteiger partial charge in [-0.1, -0.05) is 29.8 Å². The van der Waals surface area contributed by atoms with Crippen molar-refractivity contribution in [3.05, 3.63) is 90.0 Å². The van der Waals surface area contributed by atoms with Gasteiger partial charge in [-0.15, -0.1) is 0 Å². The molecule has 5 rings (SSSR count). The minimum Gasteiger partial charge on any atom is -0.497 e. The fourth-order valence-corrected chi connectivity index (χ4v) is 5.31. The summed E-state index contributed by atoms with van der Waals surface area (Å²) in [5.41, 5.74) is 3.68. The van der Waals surface area contributed by atoms with Gasteiger partial charge < -0.3 is 9.64 Å². The predicted molar refractivity (Wildman–Crippen MR) is 129 cm³/mol. The summed E-state index contributed by atoms with van der Waals surface area (Å²) < 4.78 is 33.0. The van der Waals surface area contributed by atoms with Gasteiger partial charge in [0, 0.05) is 24.4 Å². The molecule has 0 radical (unpaired) electrons. The molecule has 3 heterocycles. The smallest absolute Gasteiger partial charge is 0.226 e. The van der Waals surface area contributed by atoms with Gasteiger partial charge in [-0.25, -0.2) is 23.4 Å². The Morgan fingerprint density at radius 3 is 2.50 bits per heavy atom. The fourth-order valence-electron chi connectivity index (χ4n) is 3.83. The van der Waals surface area contributed by atoms with E-state index >= 15 is 0 Å². The zero-order valence-electron chi connectivity index (χ0n) is 18.8. The lowest BCUT2D eigenvalue weighted by atomic mass is 10.0. The van der Waals surface area contributed by atoms with E-state index in [1.165, 1.54) is 19.5 Å². The third kappa shape index (κ3) is 3.60. The Morgan fingerprint density at radius 1 is 1.00 bits per heavy atom. The average molecular weight is 472 g/mol. The maximum absolute atomic E-state index is 13.8. The number of anilines is 2. The topological polar surface area (TPSA) is 97.6 Å². The summed E-state index contributed by atoms with van der Waals surface area (Å²) in [6.45, 7) is 1.99. The second kappa shape index (κ2) is 8.35. The molecular formula is C25H21N5O3S. The number of rotatable bonds is 4. The molecule has 2 aromatic carbocycles. The highest BCUT2D eigenvalue weighted by Crippen LogP contribution is 2.42. The highest BCUT2D eigenvalue weighted by Gasteiger charge is 2.34. The standard InChI is InChI=1S/C25H21N5O3S/c1-16-6-8-17(9-7-16)22-20-13-19(33-3)10-11-21(20)34(31,32)25-23(29-22)24(27-15-28-25)30(2)18-5-4-12-26-14-18/h4-15H,1-3H3. The molecule has 2 aromatic heterocycles. The molecule has 0 atom stereocenters. The summed E-state index contributed by atoms with van der Waals surface area (Å²) in [5.74, 6) is 0.879. The van der Waals surface area contributed by atoms with Crippen molar-refractivity contribution in [2.45, 2.75) is 16.8 Å². The highest BCUT2D eigenvalue weighted by atomic mass is 32.2. The number of ether oxygens (including phenoxy) is 1. The third-order valence-electron chi connectivity index (χ3n) is 5.65. The number of nitrogens with zero attached hydrogens (tertiary/aromatic N) is 5. The first-order chi connectivity index (χ1) is 16.4. The van der Waals surface area contributed by atoms with Crippen LogP contribution in [0.2, 0.25) is 0 Å². The molecule has 9 heteroatoms. The van der Waals surface area contributed by atoms with Crippen molar-refractivity contribution in [1.82, 2.24) is 15.0 Å². The molecule has 0 aliphatic carbocycles. The van der Waals surface area contributed by atoms with Gasteiger partial charge >= 0.3 is 0 Å². The van der Waals surface area contributed by atoms with Gasteiger partial charge in [-0.3, -0.25) is 4.98 Å². The van der Waals surface area contributed by atoms with Gasteiger partial charge in [-0.2, -0.15) is 0 Å². The van der Waals surface area contributed by atoms with Crippen LogP contribution in [0.3, 0.4) is 0 Å². The number of benzene rings is 2. The summed E-state index contributed by atoms with van der Waals surface area (Å²) in [6.07, 6.45) is 4.58.